The Bertz CT molecular complexity index is 296. The molecule has 3 atom stereocenters. The lowest BCUT2D eigenvalue weighted by molar-refractivity contribution is -0.151. The van der Waals surface area contributed by atoms with Crippen LogP contribution < -0.4 is 5.32 Å². The highest BCUT2D eigenvalue weighted by Crippen LogP contribution is 2.25. The molecule has 0 aromatic carbocycles. The molecule has 0 saturated carbocycles. The average Bonchev–Trinajstić information content (AvgIpc) is 2.87. The number of ether oxygens (including phenoxy) is 1. The van der Waals surface area contributed by atoms with Gasteiger partial charge in [0.15, 0.2) is 0 Å². The van der Waals surface area contributed by atoms with Crippen molar-refractivity contribution in [3.63, 3.8) is 0 Å². The molecule has 0 radical (unpaired) electrons. The third-order valence-corrected chi connectivity index (χ3v) is 4.50. The molecule has 4 nitrogen and oxygen atoms in total. The van der Waals surface area contributed by atoms with Crippen LogP contribution in [0.1, 0.15) is 47.0 Å². The van der Waals surface area contributed by atoms with Gasteiger partial charge in [-0.2, -0.15) is 0 Å². The Labute approximate surface area is 117 Å². The van der Waals surface area contributed by atoms with Gasteiger partial charge in [0.05, 0.1) is 6.61 Å². The van der Waals surface area contributed by atoms with Crippen LogP contribution in [0.3, 0.4) is 0 Å². The largest absolute Gasteiger partial charge is 0.465 e. The number of carbonyl (C=O) groups is 1. The van der Waals surface area contributed by atoms with E-state index in [-0.39, 0.29) is 5.97 Å². The minimum Gasteiger partial charge on any atom is -0.465 e. The molecule has 0 amide bonds. The second kappa shape index (κ2) is 7.25. The van der Waals surface area contributed by atoms with E-state index in [0.29, 0.717) is 12.6 Å². The van der Waals surface area contributed by atoms with Gasteiger partial charge in [-0.15, -0.1) is 0 Å². The number of likely N-dealkylation sites (tertiary alicyclic amines) is 1. The maximum Gasteiger partial charge on any atom is 0.326 e. The highest BCUT2D eigenvalue weighted by molar-refractivity contribution is 5.80. The van der Waals surface area contributed by atoms with Crippen LogP contribution >= 0.6 is 0 Å². The van der Waals surface area contributed by atoms with Gasteiger partial charge in [-0.25, -0.2) is 0 Å². The molecule has 1 aliphatic heterocycles. The Hall–Kier alpha value is -0.610. The Morgan fingerprint density at radius 2 is 2.21 bits per heavy atom. The molecule has 19 heavy (non-hydrogen) atoms. The Balaban J connectivity index is 2.57. The lowest BCUT2D eigenvalue weighted by atomic mass is 9.93. The standard InChI is InChI=1S/C15H30N2O2/c1-6-13-8-9-17(11-13)12(3)10-15(4,16-5)14(18)19-7-2/h12-13,16H,6-11H2,1-5H3. The maximum absolute atomic E-state index is 12.1. The second-order valence-electron chi connectivity index (χ2n) is 5.91. The average molecular weight is 270 g/mol. The molecule has 0 aliphatic carbocycles. The van der Waals surface area contributed by atoms with Gasteiger partial charge in [-0.1, -0.05) is 13.3 Å². The van der Waals surface area contributed by atoms with Crippen molar-refractivity contribution in [1.82, 2.24) is 10.2 Å². The van der Waals surface area contributed by atoms with Crippen molar-refractivity contribution < 1.29 is 9.53 Å². The highest BCUT2D eigenvalue weighted by atomic mass is 16.5. The van der Waals surface area contributed by atoms with Crippen LogP contribution in [0.5, 0.6) is 0 Å². The van der Waals surface area contributed by atoms with E-state index in [9.17, 15) is 4.79 Å². The van der Waals surface area contributed by atoms with E-state index in [2.05, 4.69) is 24.1 Å². The molecule has 0 spiro atoms. The van der Waals surface area contributed by atoms with Crippen molar-refractivity contribution in [3.05, 3.63) is 0 Å². The smallest absolute Gasteiger partial charge is 0.326 e. The third kappa shape index (κ3) is 4.18. The molecular weight excluding hydrogens is 240 g/mol. The first-order chi connectivity index (χ1) is 8.96. The number of rotatable bonds is 7. The predicted octanol–water partition coefficient (Wildman–Crippen LogP) is 2.04. The van der Waals surface area contributed by atoms with Gasteiger partial charge < -0.3 is 15.0 Å². The summed E-state index contributed by atoms with van der Waals surface area (Å²) >= 11 is 0. The quantitative estimate of drug-likeness (QED) is 0.719. The number of likely N-dealkylation sites (N-methyl/N-ethyl adjacent to an activating group) is 1. The molecule has 0 bridgehead atoms. The first-order valence-electron chi connectivity index (χ1n) is 7.57. The van der Waals surface area contributed by atoms with E-state index in [1.165, 1.54) is 19.4 Å². The Morgan fingerprint density at radius 1 is 1.53 bits per heavy atom. The first-order valence-corrected chi connectivity index (χ1v) is 7.57. The van der Waals surface area contributed by atoms with Crippen molar-refractivity contribution in [1.29, 1.82) is 0 Å². The van der Waals surface area contributed by atoms with E-state index < -0.39 is 5.54 Å². The van der Waals surface area contributed by atoms with Gasteiger partial charge in [0.2, 0.25) is 0 Å². The van der Waals surface area contributed by atoms with E-state index in [0.717, 1.165) is 18.9 Å². The van der Waals surface area contributed by atoms with Gasteiger partial charge in [0.25, 0.3) is 0 Å². The predicted molar refractivity (Wildman–Crippen MR) is 78.1 cm³/mol. The van der Waals surface area contributed by atoms with E-state index in [1.54, 1.807) is 0 Å². The van der Waals surface area contributed by atoms with Crippen molar-refractivity contribution in [3.8, 4) is 0 Å². The van der Waals surface area contributed by atoms with Crippen LogP contribution in [0, 0.1) is 5.92 Å². The summed E-state index contributed by atoms with van der Waals surface area (Å²) in [6.45, 7) is 11.0. The van der Waals surface area contributed by atoms with Gasteiger partial charge in [-0.3, -0.25) is 4.79 Å². The van der Waals surface area contributed by atoms with Crippen LogP contribution in [0.15, 0.2) is 0 Å². The molecule has 112 valence electrons. The molecule has 1 saturated heterocycles. The molecule has 3 unspecified atom stereocenters. The second-order valence-corrected chi connectivity index (χ2v) is 5.91. The lowest BCUT2D eigenvalue weighted by Crippen LogP contribution is -2.52. The van der Waals surface area contributed by atoms with Gasteiger partial charge in [-0.05, 0) is 53.1 Å². The summed E-state index contributed by atoms with van der Waals surface area (Å²) in [5.41, 5.74) is -0.584. The minimum atomic E-state index is -0.584. The Morgan fingerprint density at radius 3 is 2.68 bits per heavy atom. The number of esters is 1. The SMILES string of the molecule is CCOC(=O)C(C)(CC(C)N1CCC(CC)C1)NC. The summed E-state index contributed by atoms with van der Waals surface area (Å²) in [7, 11) is 1.84. The molecule has 4 heteroatoms. The van der Waals surface area contributed by atoms with Crippen LogP contribution in [0.4, 0.5) is 0 Å². The van der Waals surface area contributed by atoms with Gasteiger partial charge >= 0.3 is 5.97 Å². The summed E-state index contributed by atoms with van der Waals surface area (Å²) in [5, 5.41) is 3.14. The zero-order valence-electron chi connectivity index (χ0n) is 13.2. The van der Waals surface area contributed by atoms with Crippen LogP contribution in [0.25, 0.3) is 0 Å². The molecule has 1 rings (SSSR count). The summed E-state index contributed by atoms with van der Waals surface area (Å²) in [4.78, 5) is 14.6. The normalized spacial score (nSPS) is 25.0. The van der Waals surface area contributed by atoms with Gasteiger partial charge in [0.1, 0.15) is 5.54 Å². The number of nitrogens with zero attached hydrogens (tertiary/aromatic N) is 1. The van der Waals surface area contributed by atoms with Crippen LogP contribution in [0.2, 0.25) is 0 Å². The van der Waals surface area contributed by atoms with Crippen LogP contribution in [-0.4, -0.2) is 49.2 Å². The summed E-state index contributed by atoms with van der Waals surface area (Å²) < 4.78 is 5.18. The third-order valence-electron chi connectivity index (χ3n) is 4.50. The topological polar surface area (TPSA) is 41.6 Å². The van der Waals surface area contributed by atoms with Crippen molar-refractivity contribution in [2.24, 2.45) is 5.92 Å². The zero-order valence-corrected chi connectivity index (χ0v) is 13.2. The fourth-order valence-corrected chi connectivity index (χ4v) is 2.89. The molecular formula is C15H30N2O2. The highest BCUT2D eigenvalue weighted by Gasteiger charge is 2.37. The molecule has 1 fully saturated rings. The van der Waals surface area contributed by atoms with Crippen molar-refractivity contribution in [2.45, 2.75) is 58.5 Å². The molecule has 1 heterocycles. The molecule has 0 aromatic heterocycles. The summed E-state index contributed by atoms with van der Waals surface area (Å²) in [6.07, 6.45) is 3.33. The number of nitrogens with one attached hydrogen (secondary N) is 1. The van der Waals surface area contributed by atoms with Crippen LogP contribution in [-0.2, 0) is 9.53 Å². The molecule has 0 aromatic rings. The minimum absolute atomic E-state index is 0.143. The molecule has 1 N–H and O–H groups in total. The number of carbonyl (C=O) groups excluding carboxylic acids is 1. The van der Waals surface area contributed by atoms with E-state index in [4.69, 9.17) is 4.74 Å². The number of hydrogen-bond acceptors (Lipinski definition) is 4. The fourth-order valence-electron chi connectivity index (χ4n) is 2.89. The maximum atomic E-state index is 12.1. The molecule has 1 aliphatic rings. The van der Waals surface area contributed by atoms with E-state index in [1.807, 2.05) is 20.9 Å². The van der Waals surface area contributed by atoms with Gasteiger partial charge in [0, 0.05) is 12.6 Å². The Kier molecular flexibility index (Phi) is 6.27. The zero-order chi connectivity index (χ0) is 14.5. The fraction of sp³-hybridized carbons (Fsp3) is 0.933. The first kappa shape index (κ1) is 16.4. The van der Waals surface area contributed by atoms with Crippen molar-refractivity contribution in [2.75, 3.05) is 26.7 Å². The van der Waals surface area contributed by atoms with Crippen molar-refractivity contribution >= 4 is 5.97 Å². The summed E-state index contributed by atoms with van der Waals surface area (Å²) in [5.74, 6) is 0.682. The van der Waals surface area contributed by atoms with E-state index >= 15 is 0 Å². The monoisotopic (exact) mass is 270 g/mol. The number of hydrogen-bond donors (Lipinski definition) is 1. The lowest BCUT2D eigenvalue weighted by Gasteiger charge is -2.33. The summed E-state index contributed by atoms with van der Waals surface area (Å²) in [6, 6.07) is 0.401.